The van der Waals surface area contributed by atoms with Crippen LogP contribution in [0.15, 0.2) is 30.3 Å². The van der Waals surface area contributed by atoms with Gasteiger partial charge in [0.25, 0.3) is 0 Å². The molecule has 0 amide bonds. The minimum absolute atomic E-state index is 0.124. The van der Waals surface area contributed by atoms with Gasteiger partial charge in [-0.15, -0.1) is 0 Å². The number of benzene rings is 2. The number of alkyl halides is 3. The average molecular weight is 479 g/mol. The largest absolute Gasteiger partial charge is 0.493 e. The Morgan fingerprint density at radius 3 is 2.47 bits per heavy atom. The van der Waals surface area contributed by atoms with Crippen molar-refractivity contribution in [3.63, 3.8) is 0 Å². The Bertz CT molecular complexity index is 1210. The highest BCUT2D eigenvalue weighted by atomic mass is 19.4. The minimum atomic E-state index is -4.79. The Kier molecular flexibility index (Phi) is 6.28. The van der Waals surface area contributed by atoms with Gasteiger partial charge in [0, 0.05) is 24.1 Å². The van der Waals surface area contributed by atoms with E-state index >= 15 is 0 Å². The Hall–Kier alpha value is -3.14. The van der Waals surface area contributed by atoms with Crippen LogP contribution in [0.25, 0.3) is 10.9 Å². The SMILES string of the molecule is COCC1(Oc2cc3c(N[C@H](C)c4cccc(C(F)(F)F)c4F)nc(C)nc3cc2OC)CC1. The number of hydrogen-bond donors (Lipinski definition) is 1. The Morgan fingerprint density at radius 1 is 1.12 bits per heavy atom. The van der Waals surface area contributed by atoms with Gasteiger partial charge in [0.05, 0.1) is 30.8 Å². The van der Waals surface area contributed by atoms with Crippen LogP contribution in [0.4, 0.5) is 23.4 Å². The molecule has 6 nitrogen and oxygen atoms in total. The van der Waals surface area contributed by atoms with E-state index in [0.717, 1.165) is 18.9 Å². The molecule has 0 aliphatic heterocycles. The lowest BCUT2D eigenvalue weighted by Crippen LogP contribution is -2.24. The van der Waals surface area contributed by atoms with Crippen molar-refractivity contribution in [2.75, 3.05) is 26.1 Å². The highest BCUT2D eigenvalue weighted by Crippen LogP contribution is 2.45. The van der Waals surface area contributed by atoms with Crippen LogP contribution in [0.5, 0.6) is 11.5 Å². The molecule has 1 saturated carbocycles. The van der Waals surface area contributed by atoms with E-state index in [9.17, 15) is 17.6 Å². The molecule has 0 saturated heterocycles. The summed E-state index contributed by atoms with van der Waals surface area (Å²) in [5.41, 5.74) is -1.31. The summed E-state index contributed by atoms with van der Waals surface area (Å²) in [5, 5.41) is 3.61. The van der Waals surface area contributed by atoms with Crippen LogP contribution in [0, 0.1) is 12.7 Å². The highest BCUT2D eigenvalue weighted by Gasteiger charge is 2.46. The van der Waals surface area contributed by atoms with Gasteiger partial charge in [0.1, 0.15) is 23.1 Å². The van der Waals surface area contributed by atoms with Gasteiger partial charge in [-0.25, -0.2) is 14.4 Å². The molecule has 3 aromatic rings. The standard InChI is InChI=1S/C24H25F4N3O3/c1-13(15-6-5-7-17(21(15)25)24(26,27)28)29-22-16-10-20(34-23(8-9-23)12-32-3)19(33-4)11-18(16)30-14(2)31-22/h5-7,10-11,13H,8-9,12H2,1-4H3,(H,29,30,31)/t13-/m1/s1. The summed E-state index contributed by atoms with van der Waals surface area (Å²) in [6, 6.07) is 5.85. The third kappa shape index (κ3) is 4.72. The summed E-state index contributed by atoms with van der Waals surface area (Å²) in [7, 11) is 3.13. The smallest absolute Gasteiger partial charge is 0.419 e. The molecular formula is C24H25F4N3O3. The number of ether oxygens (including phenoxy) is 3. The quantitative estimate of drug-likeness (QED) is 0.410. The lowest BCUT2D eigenvalue weighted by Gasteiger charge is -2.21. The molecule has 4 rings (SSSR count). The number of aromatic nitrogens is 2. The van der Waals surface area contributed by atoms with Crippen LogP contribution in [0.2, 0.25) is 0 Å². The summed E-state index contributed by atoms with van der Waals surface area (Å²) >= 11 is 0. The molecule has 1 N–H and O–H groups in total. The van der Waals surface area contributed by atoms with Gasteiger partial charge in [0.15, 0.2) is 11.5 Å². The molecule has 0 unspecified atom stereocenters. The van der Waals surface area contributed by atoms with Crippen molar-refractivity contribution in [2.24, 2.45) is 0 Å². The molecule has 2 aromatic carbocycles. The fourth-order valence-electron chi connectivity index (χ4n) is 3.90. The second-order valence-corrected chi connectivity index (χ2v) is 8.43. The van der Waals surface area contributed by atoms with Crippen molar-refractivity contribution in [2.45, 2.75) is 44.5 Å². The molecule has 1 aromatic heterocycles. The maximum absolute atomic E-state index is 14.7. The first-order valence-electron chi connectivity index (χ1n) is 10.7. The average Bonchev–Trinajstić information content (AvgIpc) is 3.52. The predicted octanol–water partition coefficient (Wildman–Crippen LogP) is 5.84. The summed E-state index contributed by atoms with van der Waals surface area (Å²) in [5.74, 6) is 0.413. The van der Waals surface area contributed by atoms with E-state index < -0.39 is 29.2 Å². The molecule has 0 bridgehead atoms. The number of halogens is 4. The second-order valence-electron chi connectivity index (χ2n) is 8.43. The Balaban J connectivity index is 1.73. The molecular weight excluding hydrogens is 454 g/mol. The van der Waals surface area contributed by atoms with Crippen LogP contribution in [0.3, 0.4) is 0 Å². The van der Waals surface area contributed by atoms with Crippen LogP contribution in [-0.4, -0.2) is 36.4 Å². The van der Waals surface area contributed by atoms with E-state index in [1.54, 1.807) is 33.1 Å². The third-order valence-corrected chi connectivity index (χ3v) is 5.79. The molecule has 1 atom stereocenters. The van der Waals surface area contributed by atoms with Gasteiger partial charge in [-0.3, -0.25) is 0 Å². The van der Waals surface area contributed by atoms with Crippen molar-refractivity contribution in [1.29, 1.82) is 0 Å². The fraction of sp³-hybridized carbons (Fsp3) is 0.417. The summed E-state index contributed by atoms with van der Waals surface area (Å²) in [6.45, 7) is 3.69. The molecule has 0 radical (unpaired) electrons. The van der Waals surface area contributed by atoms with E-state index in [4.69, 9.17) is 14.2 Å². The number of nitrogens with zero attached hydrogens (tertiary/aromatic N) is 2. The van der Waals surface area contributed by atoms with E-state index in [1.807, 2.05) is 0 Å². The summed E-state index contributed by atoms with van der Waals surface area (Å²) in [4.78, 5) is 8.87. The first kappa shape index (κ1) is 24.0. The summed E-state index contributed by atoms with van der Waals surface area (Å²) < 4.78 is 71.2. The predicted molar refractivity (Wildman–Crippen MR) is 119 cm³/mol. The molecule has 1 aliphatic carbocycles. The van der Waals surface area contributed by atoms with Gasteiger partial charge >= 0.3 is 6.18 Å². The number of hydrogen-bond acceptors (Lipinski definition) is 6. The van der Waals surface area contributed by atoms with Crippen LogP contribution >= 0.6 is 0 Å². The maximum atomic E-state index is 14.7. The fourth-order valence-corrected chi connectivity index (χ4v) is 3.90. The van der Waals surface area contributed by atoms with Crippen LogP contribution in [-0.2, 0) is 10.9 Å². The van der Waals surface area contributed by atoms with Crippen LogP contribution in [0.1, 0.15) is 42.8 Å². The molecule has 0 spiro atoms. The third-order valence-electron chi connectivity index (χ3n) is 5.79. The van der Waals surface area contributed by atoms with Crippen molar-refractivity contribution >= 4 is 16.7 Å². The zero-order valence-electron chi connectivity index (χ0n) is 19.2. The van der Waals surface area contributed by atoms with Crippen molar-refractivity contribution in [1.82, 2.24) is 9.97 Å². The topological polar surface area (TPSA) is 65.5 Å². The van der Waals surface area contributed by atoms with Gasteiger partial charge in [-0.05, 0) is 38.8 Å². The first-order chi connectivity index (χ1) is 16.1. The normalized spacial score (nSPS) is 15.8. The number of anilines is 1. The zero-order chi connectivity index (χ0) is 24.7. The molecule has 10 heteroatoms. The molecule has 1 fully saturated rings. The lowest BCUT2D eigenvalue weighted by molar-refractivity contribution is -0.140. The number of fused-ring (bicyclic) bond motifs is 1. The first-order valence-corrected chi connectivity index (χ1v) is 10.7. The van der Waals surface area contributed by atoms with Crippen molar-refractivity contribution in [3.05, 3.63) is 53.1 Å². The van der Waals surface area contributed by atoms with Crippen LogP contribution < -0.4 is 14.8 Å². The van der Waals surface area contributed by atoms with E-state index in [2.05, 4.69) is 15.3 Å². The van der Waals surface area contributed by atoms with Gasteiger partial charge in [-0.1, -0.05) is 12.1 Å². The lowest BCUT2D eigenvalue weighted by atomic mass is 10.0. The number of methoxy groups -OCH3 is 2. The number of nitrogens with one attached hydrogen (secondary N) is 1. The van der Waals surface area contributed by atoms with Gasteiger partial charge in [0.2, 0.25) is 0 Å². The monoisotopic (exact) mass is 479 g/mol. The second kappa shape index (κ2) is 8.90. The Morgan fingerprint density at radius 2 is 1.85 bits per heavy atom. The van der Waals surface area contributed by atoms with E-state index in [0.29, 0.717) is 40.7 Å². The molecule has 1 heterocycles. The van der Waals surface area contributed by atoms with Crippen molar-refractivity contribution < 1.29 is 31.8 Å². The van der Waals surface area contributed by atoms with Gasteiger partial charge in [-0.2, -0.15) is 13.2 Å². The summed E-state index contributed by atoms with van der Waals surface area (Å²) in [6.07, 6.45) is -3.12. The molecule has 182 valence electrons. The highest BCUT2D eigenvalue weighted by molar-refractivity contribution is 5.92. The van der Waals surface area contributed by atoms with Crippen molar-refractivity contribution in [3.8, 4) is 11.5 Å². The Labute approximate surface area is 194 Å². The number of aryl methyl sites for hydroxylation is 1. The maximum Gasteiger partial charge on any atom is 0.419 e. The molecule has 1 aliphatic rings. The minimum Gasteiger partial charge on any atom is -0.493 e. The van der Waals surface area contributed by atoms with E-state index in [1.165, 1.54) is 19.2 Å². The van der Waals surface area contributed by atoms with Gasteiger partial charge < -0.3 is 19.5 Å². The number of rotatable bonds is 8. The van der Waals surface area contributed by atoms with E-state index in [-0.39, 0.29) is 5.56 Å². The zero-order valence-corrected chi connectivity index (χ0v) is 19.2. The molecule has 34 heavy (non-hydrogen) atoms.